The summed E-state index contributed by atoms with van der Waals surface area (Å²) >= 11 is 0. The molecule has 0 saturated carbocycles. The summed E-state index contributed by atoms with van der Waals surface area (Å²) in [4.78, 5) is 18.8. The molecule has 0 aliphatic heterocycles. The van der Waals surface area contributed by atoms with Crippen molar-refractivity contribution in [2.45, 2.75) is 12.4 Å². The number of hydrogen-bond donors (Lipinski definition) is 0. The predicted octanol–water partition coefficient (Wildman–Crippen LogP) is -0.292. The number of ether oxygens (including phenoxy) is 2. The van der Waals surface area contributed by atoms with E-state index in [2.05, 4.69) is 14.7 Å². The van der Waals surface area contributed by atoms with Gasteiger partial charge in [0.15, 0.2) is 9.84 Å². The topological polar surface area (TPSA) is 95.4 Å². The van der Waals surface area contributed by atoms with Crippen LogP contribution in [0.4, 0.5) is 0 Å². The van der Waals surface area contributed by atoms with Crippen molar-refractivity contribution in [2.75, 3.05) is 13.4 Å². The number of esters is 1. The first-order valence-electron chi connectivity index (χ1n) is 4.56. The van der Waals surface area contributed by atoms with Crippen molar-refractivity contribution >= 4 is 15.8 Å². The molecule has 0 bridgehead atoms. The molecule has 1 rings (SSSR count). The van der Waals surface area contributed by atoms with Gasteiger partial charge >= 0.3 is 5.97 Å². The lowest BCUT2D eigenvalue weighted by Crippen LogP contribution is -2.36. The highest BCUT2D eigenvalue weighted by atomic mass is 32.2. The van der Waals surface area contributed by atoms with Crippen LogP contribution in [0.2, 0.25) is 0 Å². The van der Waals surface area contributed by atoms with E-state index in [1.54, 1.807) is 6.92 Å². The molecule has 0 aliphatic rings. The second kappa shape index (κ2) is 5.09. The third-order valence-corrected chi connectivity index (χ3v) is 2.86. The molecule has 94 valence electrons. The molecule has 0 spiro atoms. The minimum absolute atomic E-state index is 0.00155. The van der Waals surface area contributed by atoms with Crippen LogP contribution in [0, 0.1) is 6.92 Å². The van der Waals surface area contributed by atoms with Crippen molar-refractivity contribution in [3.05, 3.63) is 18.1 Å². The number of nitrogens with zero attached hydrogens (tertiary/aromatic N) is 2. The number of hydrogen-bond acceptors (Lipinski definition) is 7. The van der Waals surface area contributed by atoms with Crippen molar-refractivity contribution < 1.29 is 22.7 Å². The fraction of sp³-hybridized carbons (Fsp3) is 0.444. The normalized spacial score (nSPS) is 12.9. The summed E-state index contributed by atoms with van der Waals surface area (Å²) in [6.45, 7) is 1.68. The largest absolute Gasteiger partial charge is 0.465 e. The summed E-state index contributed by atoms with van der Waals surface area (Å²) in [5.41, 5.74) is -1.13. The summed E-state index contributed by atoms with van der Waals surface area (Å²) in [6, 6.07) is 1.42. The molecule has 1 aromatic heterocycles. The lowest BCUT2D eigenvalue weighted by molar-refractivity contribution is -0.145. The molecule has 1 heterocycles. The highest BCUT2D eigenvalue weighted by Gasteiger charge is 2.32. The van der Waals surface area contributed by atoms with E-state index >= 15 is 0 Å². The minimum Gasteiger partial charge on any atom is -0.465 e. The van der Waals surface area contributed by atoms with Gasteiger partial charge in [-0.1, -0.05) is 0 Å². The molecule has 1 aromatic rings. The smallest absolute Gasteiger partial charge is 0.363 e. The van der Waals surface area contributed by atoms with Crippen molar-refractivity contribution in [1.29, 1.82) is 0 Å². The third-order valence-electron chi connectivity index (χ3n) is 1.79. The molecular weight excluding hydrogens is 248 g/mol. The Kier molecular flexibility index (Phi) is 4.00. The van der Waals surface area contributed by atoms with Crippen LogP contribution in [0.5, 0.6) is 5.88 Å². The van der Waals surface area contributed by atoms with Crippen LogP contribution < -0.4 is 4.74 Å². The Hall–Kier alpha value is -1.70. The molecule has 8 heteroatoms. The first-order chi connectivity index (χ1) is 7.84. The van der Waals surface area contributed by atoms with E-state index in [0.29, 0.717) is 5.69 Å². The summed E-state index contributed by atoms with van der Waals surface area (Å²) < 4.78 is 32.1. The molecule has 1 unspecified atom stereocenters. The van der Waals surface area contributed by atoms with Crippen LogP contribution >= 0.6 is 0 Å². The maximum absolute atomic E-state index is 11.4. The standard InChI is InChI=1S/C9H12N2O5S/c1-6-4-7(11-5-10-6)16-9(8(12)15-2)17(3,13)14/h4-5,9H,1-3H3. The SMILES string of the molecule is COC(=O)C(Oc1cc(C)ncn1)S(C)(=O)=O. The monoisotopic (exact) mass is 260 g/mol. The molecule has 0 fully saturated rings. The maximum atomic E-state index is 11.4. The van der Waals surface area contributed by atoms with Gasteiger partial charge in [0, 0.05) is 18.0 Å². The van der Waals surface area contributed by atoms with E-state index in [4.69, 9.17) is 4.74 Å². The molecule has 0 N–H and O–H groups in total. The van der Waals surface area contributed by atoms with Gasteiger partial charge in [0.1, 0.15) is 6.33 Å². The number of rotatable bonds is 4. The van der Waals surface area contributed by atoms with Crippen LogP contribution in [-0.4, -0.2) is 43.2 Å². The van der Waals surface area contributed by atoms with E-state index in [0.717, 1.165) is 13.4 Å². The average Bonchev–Trinajstić information content (AvgIpc) is 2.23. The number of aromatic nitrogens is 2. The second-order valence-corrected chi connectivity index (χ2v) is 5.39. The highest BCUT2D eigenvalue weighted by Crippen LogP contribution is 2.12. The van der Waals surface area contributed by atoms with Gasteiger partial charge in [-0.05, 0) is 6.92 Å². The molecule has 0 aliphatic carbocycles. The molecule has 7 nitrogen and oxygen atoms in total. The molecule has 1 atom stereocenters. The molecule has 17 heavy (non-hydrogen) atoms. The van der Waals surface area contributed by atoms with Gasteiger partial charge in [-0.2, -0.15) is 0 Å². The number of sulfone groups is 1. The fourth-order valence-corrected chi connectivity index (χ4v) is 1.73. The molecule has 0 aromatic carbocycles. The molecule has 0 radical (unpaired) electrons. The van der Waals surface area contributed by atoms with Crippen molar-refractivity contribution in [3.8, 4) is 5.88 Å². The Morgan fingerprint density at radius 2 is 2.06 bits per heavy atom. The minimum atomic E-state index is -3.74. The van der Waals surface area contributed by atoms with Crippen molar-refractivity contribution in [1.82, 2.24) is 9.97 Å². The van der Waals surface area contributed by atoms with Crippen LogP contribution in [0.3, 0.4) is 0 Å². The maximum Gasteiger partial charge on any atom is 0.363 e. The lowest BCUT2D eigenvalue weighted by atomic mass is 10.4. The van der Waals surface area contributed by atoms with Gasteiger partial charge in [-0.3, -0.25) is 0 Å². The number of carbonyl (C=O) groups excluding carboxylic acids is 1. The first kappa shape index (κ1) is 13.4. The average molecular weight is 260 g/mol. The number of aryl methyl sites for hydroxylation is 1. The zero-order valence-corrected chi connectivity index (χ0v) is 10.4. The Morgan fingerprint density at radius 1 is 1.41 bits per heavy atom. The molecule has 0 saturated heterocycles. The van der Waals surface area contributed by atoms with Crippen molar-refractivity contribution in [2.24, 2.45) is 0 Å². The highest BCUT2D eigenvalue weighted by molar-refractivity contribution is 7.91. The van der Waals surface area contributed by atoms with E-state index in [-0.39, 0.29) is 5.88 Å². The summed E-state index contributed by atoms with van der Waals surface area (Å²) in [5, 5.41) is 0. The second-order valence-electron chi connectivity index (χ2n) is 3.30. The van der Waals surface area contributed by atoms with Gasteiger partial charge in [0.25, 0.3) is 5.44 Å². The zero-order chi connectivity index (χ0) is 13.1. The van der Waals surface area contributed by atoms with Crippen LogP contribution in [0.25, 0.3) is 0 Å². The lowest BCUT2D eigenvalue weighted by Gasteiger charge is -2.14. The summed E-state index contributed by atoms with van der Waals surface area (Å²) in [7, 11) is -2.67. The van der Waals surface area contributed by atoms with Crippen LogP contribution in [0.15, 0.2) is 12.4 Å². The Labute approximate surface area is 98.7 Å². The Bertz CT molecular complexity index is 514. The van der Waals surface area contributed by atoms with Gasteiger partial charge in [0.05, 0.1) is 7.11 Å². The number of methoxy groups -OCH3 is 1. The third kappa shape index (κ3) is 3.66. The number of carbonyl (C=O) groups is 1. The van der Waals surface area contributed by atoms with E-state index in [1.165, 1.54) is 12.4 Å². The predicted molar refractivity (Wildman–Crippen MR) is 58.0 cm³/mol. The molecule has 0 amide bonds. The Balaban J connectivity index is 2.99. The van der Waals surface area contributed by atoms with E-state index in [1.807, 2.05) is 0 Å². The summed E-state index contributed by atoms with van der Waals surface area (Å²) in [6.07, 6.45) is 2.09. The quantitative estimate of drug-likeness (QED) is 0.686. The molecular formula is C9H12N2O5S. The fourth-order valence-electron chi connectivity index (χ4n) is 1.01. The van der Waals surface area contributed by atoms with E-state index in [9.17, 15) is 13.2 Å². The first-order valence-corrected chi connectivity index (χ1v) is 6.52. The van der Waals surface area contributed by atoms with Gasteiger partial charge in [-0.25, -0.2) is 23.2 Å². The Morgan fingerprint density at radius 3 is 2.53 bits per heavy atom. The van der Waals surface area contributed by atoms with Crippen LogP contribution in [-0.2, 0) is 19.4 Å². The van der Waals surface area contributed by atoms with Gasteiger partial charge in [0.2, 0.25) is 5.88 Å². The van der Waals surface area contributed by atoms with Crippen molar-refractivity contribution in [3.63, 3.8) is 0 Å². The van der Waals surface area contributed by atoms with E-state index < -0.39 is 21.2 Å². The van der Waals surface area contributed by atoms with Crippen LogP contribution in [0.1, 0.15) is 5.69 Å². The van der Waals surface area contributed by atoms with Gasteiger partial charge < -0.3 is 9.47 Å². The zero-order valence-electron chi connectivity index (χ0n) is 9.58. The summed E-state index contributed by atoms with van der Waals surface area (Å²) in [5.74, 6) is -0.998. The van der Waals surface area contributed by atoms with Gasteiger partial charge in [-0.15, -0.1) is 0 Å².